The van der Waals surface area contributed by atoms with E-state index in [9.17, 15) is 23.1 Å². The number of carbonyl (C=O) groups excluding carboxylic acids is 1. The van der Waals surface area contributed by atoms with Crippen LogP contribution in [0.15, 0.2) is 18.2 Å². The third-order valence-corrected chi connectivity index (χ3v) is 4.15. The lowest BCUT2D eigenvalue weighted by molar-refractivity contribution is -0.138. The molecule has 122 valence electrons. The van der Waals surface area contributed by atoms with Crippen molar-refractivity contribution in [1.29, 1.82) is 0 Å². The Hall–Kier alpha value is -1.27. The molecule has 1 unspecified atom stereocenters. The Morgan fingerprint density at radius 2 is 2.05 bits per heavy atom. The molecule has 7 heteroatoms. The van der Waals surface area contributed by atoms with Crippen LogP contribution in [0, 0.1) is 5.92 Å². The first-order chi connectivity index (χ1) is 10.3. The molecule has 0 radical (unpaired) electrons. The van der Waals surface area contributed by atoms with E-state index in [1.165, 1.54) is 11.0 Å². The fourth-order valence-corrected chi connectivity index (χ4v) is 2.83. The Labute approximate surface area is 131 Å². The maximum atomic E-state index is 13.1. The normalized spacial score (nSPS) is 19.9. The predicted molar refractivity (Wildman–Crippen MR) is 76.8 cm³/mol. The van der Waals surface area contributed by atoms with Crippen molar-refractivity contribution in [2.45, 2.75) is 25.4 Å². The summed E-state index contributed by atoms with van der Waals surface area (Å²) in [6.07, 6.45) is -2.59. The van der Waals surface area contributed by atoms with Gasteiger partial charge >= 0.3 is 6.18 Å². The van der Waals surface area contributed by atoms with Gasteiger partial charge in [0.05, 0.1) is 11.1 Å². The van der Waals surface area contributed by atoms with Gasteiger partial charge in [-0.25, -0.2) is 0 Å². The second kappa shape index (κ2) is 6.87. The maximum absolute atomic E-state index is 13.1. The van der Waals surface area contributed by atoms with Crippen LogP contribution in [0.3, 0.4) is 0 Å². The number of amides is 1. The van der Waals surface area contributed by atoms with Crippen molar-refractivity contribution < 1.29 is 23.1 Å². The monoisotopic (exact) mass is 335 g/mol. The van der Waals surface area contributed by atoms with Crippen LogP contribution in [0.2, 0.25) is 5.02 Å². The summed E-state index contributed by atoms with van der Waals surface area (Å²) in [6.45, 7) is 0.788. The highest BCUT2D eigenvalue weighted by atomic mass is 35.5. The average molecular weight is 336 g/mol. The van der Waals surface area contributed by atoms with Crippen LogP contribution < -0.4 is 0 Å². The van der Waals surface area contributed by atoms with E-state index in [1.807, 2.05) is 0 Å². The lowest BCUT2D eigenvalue weighted by Gasteiger charge is -2.22. The van der Waals surface area contributed by atoms with Crippen molar-refractivity contribution in [1.82, 2.24) is 4.90 Å². The highest BCUT2D eigenvalue weighted by molar-refractivity contribution is 6.30. The topological polar surface area (TPSA) is 40.5 Å². The molecule has 0 saturated carbocycles. The molecule has 1 amide bonds. The van der Waals surface area contributed by atoms with Gasteiger partial charge in [0.2, 0.25) is 0 Å². The second-order valence-corrected chi connectivity index (χ2v) is 5.90. The van der Waals surface area contributed by atoms with Crippen LogP contribution >= 0.6 is 11.6 Å². The Bertz CT molecular complexity index is 548. The first kappa shape index (κ1) is 17.1. The summed E-state index contributed by atoms with van der Waals surface area (Å²) in [7, 11) is 0. The third kappa shape index (κ3) is 3.93. The number of alkyl halides is 3. The van der Waals surface area contributed by atoms with E-state index in [0.29, 0.717) is 25.9 Å². The van der Waals surface area contributed by atoms with E-state index in [-0.39, 0.29) is 23.1 Å². The van der Waals surface area contributed by atoms with E-state index in [2.05, 4.69) is 0 Å². The second-order valence-electron chi connectivity index (χ2n) is 5.46. The molecule has 1 aliphatic heterocycles. The number of benzene rings is 1. The molecule has 1 aliphatic rings. The van der Waals surface area contributed by atoms with Gasteiger partial charge in [0.15, 0.2) is 0 Å². The van der Waals surface area contributed by atoms with Crippen molar-refractivity contribution in [3.63, 3.8) is 0 Å². The van der Waals surface area contributed by atoms with Crippen molar-refractivity contribution >= 4 is 17.5 Å². The van der Waals surface area contributed by atoms with Crippen LogP contribution in [0.25, 0.3) is 0 Å². The smallest absolute Gasteiger partial charge is 0.396 e. The van der Waals surface area contributed by atoms with Crippen LogP contribution in [0.5, 0.6) is 0 Å². The molecule has 0 aromatic heterocycles. The molecular formula is C15H17ClF3NO2. The molecule has 0 aliphatic carbocycles. The molecule has 1 aromatic carbocycles. The Morgan fingerprint density at radius 1 is 1.32 bits per heavy atom. The minimum Gasteiger partial charge on any atom is -0.396 e. The van der Waals surface area contributed by atoms with Crippen LogP contribution in [-0.4, -0.2) is 35.6 Å². The van der Waals surface area contributed by atoms with E-state index >= 15 is 0 Å². The lowest BCUT2D eigenvalue weighted by Crippen LogP contribution is -2.33. The Morgan fingerprint density at radius 3 is 2.68 bits per heavy atom. The highest BCUT2D eigenvalue weighted by Crippen LogP contribution is 2.34. The molecule has 2 rings (SSSR count). The van der Waals surface area contributed by atoms with Gasteiger partial charge in [-0.3, -0.25) is 4.79 Å². The van der Waals surface area contributed by atoms with E-state index in [0.717, 1.165) is 18.6 Å². The molecule has 1 saturated heterocycles. The molecule has 0 spiro atoms. The number of hydrogen-bond donors (Lipinski definition) is 1. The molecule has 22 heavy (non-hydrogen) atoms. The van der Waals surface area contributed by atoms with E-state index < -0.39 is 17.6 Å². The van der Waals surface area contributed by atoms with Gasteiger partial charge in [0, 0.05) is 24.7 Å². The predicted octanol–water partition coefficient (Wildman–Crippen LogP) is 3.59. The fraction of sp³-hybridized carbons (Fsp3) is 0.533. The van der Waals surface area contributed by atoms with Gasteiger partial charge in [0.25, 0.3) is 5.91 Å². The number of aliphatic hydroxyl groups excluding tert-OH is 1. The zero-order valence-electron chi connectivity index (χ0n) is 11.9. The first-order valence-electron chi connectivity index (χ1n) is 7.10. The van der Waals surface area contributed by atoms with Gasteiger partial charge in [-0.1, -0.05) is 11.6 Å². The summed E-state index contributed by atoms with van der Waals surface area (Å²) in [5.74, 6) is -0.535. The Kier molecular flexibility index (Phi) is 5.34. The molecule has 1 aromatic rings. The SMILES string of the molecule is O=C(c1ccc(Cl)cc1C(F)(F)F)N1CCCC(CO)CC1. The van der Waals surface area contributed by atoms with E-state index in [1.54, 1.807) is 0 Å². The molecule has 1 atom stereocenters. The quantitative estimate of drug-likeness (QED) is 0.897. The van der Waals surface area contributed by atoms with Gasteiger partial charge in [-0.2, -0.15) is 13.2 Å². The van der Waals surface area contributed by atoms with Gasteiger partial charge in [-0.15, -0.1) is 0 Å². The number of nitrogens with zero attached hydrogens (tertiary/aromatic N) is 1. The standard InChI is InChI=1S/C15H17ClF3NO2/c16-11-3-4-12(13(8-11)15(17,18)19)14(22)20-6-1-2-10(9-21)5-7-20/h3-4,8,10,21H,1-2,5-7,9H2. The zero-order valence-corrected chi connectivity index (χ0v) is 12.6. The summed E-state index contributed by atoms with van der Waals surface area (Å²) in [5, 5.41) is 9.12. The fourth-order valence-electron chi connectivity index (χ4n) is 2.66. The summed E-state index contributed by atoms with van der Waals surface area (Å²) >= 11 is 5.62. The van der Waals surface area contributed by atoms with Crippen LogP contribution in [-0.2, 0) is 6.18 Å². The number of hydrogen-bond acceptors (Lipinski definition) is 2. The van der Waals surface area contributed by atoms with Gasteiger partial charge in [0.1, 0.15) is 0 Å². The van der Waals surface area contributed by atoms with E-state index in [4.69, 9.17) is 11.6 Å². The molecular weight excluding hydrogens is 319 g/mol. The summed E-state index contributed by atoms with van der Waals surface area (Å²) in [5.41, 5.74) is -1.38. The van der Waals surface area contributed by atoms with Crippen LogP contribution in [0.4, 0.5) is 13.2 Å². The first-order valence-corrected chi connectivity index (χ1v) is 7.47. The van der Waals surface area contributed by atoms with Crippen molar-refractivity contribution in [2.24, 2.45) is 5.92 Å². The number of rotatable bonds is 2. The number of likely N-dealkylation sites (tertiary alicyclic amines) is 1. The number of carbonyl (C=O) groups is 1. The Balaban J connectivity index is 2.26. The average Bonchev–Trinajstić information content (AvgIpc) is 2.71. The lowest BCUT2D eigenvalue weighted by atomic mass is 10.0. The summed E-state index contributed by atoms with van der Waals surface area (Å²) in [6, 6.07) is 3.20. The van der Waals surface area contributed by atoms with Crippen molar-refractivity contribution in [3.8, 4) is 0 Å². The third-order valence-electron chi connectivity index (χ3n) is 3.91. The number of halogens is 4. The highest BCUT2D eigenvalue weighted by Gasteiger charge is 2.36. The van der Waals surface area contributed by atoms with Gasteiger partial charge < -0.3 is 10.0 Å². The molecule has 3 nitrogen and oxygen atoms in total. The van der Waals surface area contributed by atoms with Crippen molar-refractivity contribution in [3.05, 3.63) is 34.3 Å². The minimum atomic E-state index is -4.63. The van der Waals surface area contributed by atoms with Crippen molar-refractivity contribution in [2.75, 3.05) is 19.7 Å². The van der Waals surface area contributed by atoms with Crippen LogP contribution in [0.1, 0.15) is 35.2 Å². The largest absolute Gasteiger partial charge is 0.417 e. The number of aliphatic hydroxyl groups is 1. The maximum Gasteiger partial charge on any atom is 0.417 e. The molecule has 0 bridgehead atoms. The summed E-state index contributed by atoms with van der Waals surface area (Å²) < 4.78 is 39.3. The molecule has 1 fully saturated rings. The molecule has 1 N–H and O–H groups in total. The molecule has 1 heterocycles. The summed E-state index contributed by atoms with van der Waals surface area (Å²) in [4.78, 5) is 13.9. The zero-order chi connectivity index (χ0) is 16.3. The van der Waals surface area contributed by atoms with Gasteiger partial charge in [-0.05, 0) is 43.4 Å². The minimum absolute atomic E-state index is 0.0385.